The number of Topliss-reactive ketones (excluding diaryl/α,β-unsaturated/α-hetero) is 1. The van der Waals surface area contributed by atoms with Gasteiger partial charge < -0.3 is 0 Å². The molecule has 1 aliphatic rings. The molecule has 3 aromatic carbocycles. The number of fused-ring (bicyclic) bond motifs is 2. The number of hydrogen-bond acceptors (Lipinski definition) is 2. The van der Waals surface area contributed by atoms with Crippen LogP contribution in [0.4, 0.5) is 0 Å². The van der Waals surface area contributed by atoms with Gasteiger partial charge in [0.25, 0.3) is 0 Å². The average molecular weight is 315 g/mol. The van der Waals surface area contributed by atoms with Crippen molar-refractivity contribution in [3.05, 3.63) is 82.9 Å². The first-order valence-corrected chi connectivity index (χ1v) is 8.53. The SMILES string of the molecule is Cc1ccc(C(=O)CN2CCc3ccccc3C2)c2ccccc12. The average Bonchev–Trinajstić information content (AvgIpc) is 2.62. The zero-order valence-corrected chi connectivity index (χ0v) is 14.0. The number of ketones is 1. The van der Waals surface area contributed by atoms with Gasteiger partial charge in [-0.1, -0.05) is 60.7 Å². The maximum atomic E-state index is 12.9. The van der Waals surface area contributed by atoms with E-state index >= 15 is 0 Å². The summed E-state index contributed by atoms with van der Waals surface area (Å²) in [4.78, 5) is 15.2. The van der Waals surface area contributed by atoms with Gasteiger partial charge in [0.2, 0.25) is 0 Å². The minimum absolute atomic E-state index is 0.214. The fourth-order valence-corrected chi connectivity index (χ4v) is 3.67. The van der Waals surface area contributed by atoms with Crippen LogP contribution in [-0.2, 0) is 13.0 Å². The van der Waals surface area contributed by atoms with Gasteiger partial charge in [0, 0.05) is 18.7 Å². The third-order valence-corrected chi connectivity index (χ3v) is 5.02. The summed E-state index contributed by atoms with van der Waals surface area (Å²) in [5.41, 5.74) is 4.83. The molecule has 120 valence electrons. The predicted molar refractivity (Wildman–Crippen MR) is 98.4 cm³/mol. The Morgan fingerprint density at radius 3 is 2.46 bits per heavy atom. The first kappa shape index (κ1) is 15.1. The smallest absolute Gasteiger partial charge is 0.177 e. The topological polar surface area (TPSA) is 20.3 Å². The van der Waals surface area contributed by atoms with Crippen molar-refractivity contribution in [2.45, 2.75) is 19.9 Å². The fraction of sp³-hybridized carbons (Fsp3) is 0.227. The Balaban J connectivity index is 1.59. The molecule has 1 heterocycles. The lowest BCUT2D eigenvalue weighted by Crippen LogP contribution is -2.34. The van der Waals surface area contributed by atoms with Crippen molar-refractivity contribution in [2.24, 2.45) is 0 Å². The molecule has 0 unspecified atom stereocenters. The Kier molecular flexibility index (Phi) is 3.91. The summed E-state index contributed by atoms with van der Waals surface area (Å²) in [5.74, 6) is 0.214. The van der Waals surface area contributed by atoms with Gasteiger partial charge in [-0.15, -0.1) is 0 Å². The highest BCUT2D eigenvalue weighted by Gasteiger charge is 2.20. The van der Waals surface area contributed by atoms with Crippen molar-refractivity contribution < 1.29 is 4.79 Å². The van der Waals surface area contributed by atoms with Gasteiger partial charge in [-0.05, 0) is 40.8 Å². The second-order valence-corrected chi connectivity index (χ2v) is 6.63. The minimum atomic E-state index is 0.214. The summed E-state index contributed by atoms with van der Waals surface area (Å²) in [6, 6.07) is 20.8. The molecule has 0 spiro atoms. The highest BCUT2D eigenvalue weighted by Crippen LogP contribution is 2.24. The van der Waals surface area contributed by atoms with Crippen molar-refractivity contribution in [3.63, 3.8) is 0 Å². The van der Waals surface area contributed by atoms with Crippen LogP contribution in [0.3, 0.4) is 0 Å². The van der Waals surface area contributed by atoms with Gasteiger partial charge in [-0.2, -0.15) is 0 Å². The van der Waals surface area contributed by atoms with Crippen molar-refractivity contribution >= 4 is 16.6 Å². The molecule has 4 rings (SSSR count). The molecule has 0 atom stereocenters. The van der Waals surface area contributed by atoms with E-state index in [2.05, 4.69) is 54.3 Å². The van der Waals surface area contributed by atoms with E-state index in [-0.39, 0.29) is 5.78 Å². The van der Waals surface area contributed by atoms with E-state index in [9.17, 15) is 4.79 Å². The lowest BCUT2D eigenvalue weighted by atomic mass is 9.96. The third-order valence-electron chi connectivity index (χ3n) is 5.02. The van der Waals surface area contributed by atoms with Gasteiger partial charge in [0.15, 0.2) is 5.78 Å². The molecule has 0 saturated heterocycles. The Morgan fingerprint density at radius 1 is 0.917 bits per heavy atom. The van der Waals surface area contributed by atoms with Gasteiger partial charge in [-0.3, -0.25) is 9.69 Å². The van der Waals surface area contributed by atoms with Gasteiger partial charge in [-0.25, -0.2) is 0 Å². The first-order chi connectivity index (χ1) is 11.7. The summed E-state index contributed by atoms with van der Waals surface area (Å²) >= 11 is 0. The highest BCUT2D eigenvalue weighted by molar-refractivity contribution is 6.09. The maximum absolute atomic E-state index is 12.9. The van der Waals surface area contributed by atoms with E-state index in [1.54, 1.807) is 0 Å². The van der Waals surface area contributed by atoms with Crippen LogP contribution in [0, 0.1) is 6.92 Å². The van der Waals surface area contributed by atoms with Crippen LogP contribution in [-0.4, -0.2) is 23.8 Å². The number of benzene rings is 3. The van der Waals surface area contributed by atoms with Gasteiger partial charge in [0.05, 0.1) is 6.54 Å². The summed E-state index contributed by atoms with van der Waals surface area (Å²) in [5, 5.41) is 2.24. The fourth-order valence-electron chi connectivity index (χ4n) is 3.67. The number of rotatable bonds is 3. The number of carbonyl (C=O) groups excluding carboxylic acids is 1. The standard InChI is InChI=1S/C22H21NO/c1-16-10-11-21(20-9-5-4-8-19(16)20)22(24)15-23-13-12-17-6-2-3-7-18(17)14-23/h2-11H,12-15H2,1H3. The second-order valence-electron chi connectivity index (χ2n) is 6.63. The minimum Gasteiger partial charge on any atom is -0.293 e. The summed E-state index contributed by atoms with van der Waals surface area (Å²) < 4.78 is 0. The molecule has 0 aromatic heterocycles. The van der Waals surface area contributed by atoms with Crippen molar-refractivity contribution in [3.8, 4) is 0 Å². The van der Waals surface area contributed by atoms with Crippen LogP contribution in [0.15, 0.2) is 60.7 Å². The molecule has 0 N–H and O–H groups in total. The number of aryl methyl sites for hydroxylation is 1. The Bertz CT molecular complexity index is 913. The van der Waals surface area contributed by atoms with Crippen LogP contribution < -0.4 is 0 Å². The molecule has 0 bridgehead atoms. The zero-order chi connectivity index (χ0) is 16.5. The van der Waals surface area contributed by atoms with E-state index in [4.69, 9.17) is 0 Å². The molecular formula is C22H21NO. The van der Waals surface area contributed by atoms with Crippen LogP contribution in [0.25, 0.3) is 10.8 Å². The Morgan fingerprint density at radius 2 is 1.62 bits per heavy atom. The largest absolute Gasteiger partial charge is 0.293 e. The van der Waals surface area contributed by atoms with Crippen LogP contribution >= 0.6 is 0 Å². The molecule has 0 aliphatic carbocycles. The van der Waals surface area contributed by atoms with E-state index in [1.165, 1.54) is 22.1 Å². The Hall–Kier alpha value is -2.45. The number of carbonyl (C=O) groups is 1. The maximum Gasteiger partial charge on any atom is 0.177 e. The van der Waals surface area contributed by atoms with Crippen LogP contribution in [0.5, 0.6) is 0 Å². The molecule has 24 heavy (non-hydrogen) atoms. The molecular weight excluding hydrogens is 294 g/mol. The van der Waals surface area contributed by atoms with Crippen molar-refractivity contribution in [2.75, 3.05) is 13.1 Å². The summed E-state index contributed by atoms with van der Waals surface area (Å²) in [7, 11) is 0. The zero-order valence-electron chi connectivity index (χ0n) is 14.0. The molecule has 0 fully saturated rings. The third kappa shape index (κ3) is 2.74. The lowest BCUT2D eigenvalue weighted by Gasteiger charge is -2.28. The summed E-state index contributed by atoms with van der Waals surface area (Å²) in [6.45, 7) is 4.40. The van der Waals surface area contributed by atoms with Crippen molar-refractivity contribution in [1.82, 2.24) is 4.90 Å². The normalized spacial score (nSPS) is 14.5. The van der Waals surface area contributed by atoms with Gasteiger partial charge >= 0.3 is 0 Å². The molecule has 0 radical (unpaired) electrons. The lowest BCUT2D eigenvalue weighted by molar-refractivity contribution is 0.0923. The van der Waals surface area contributed by atoms with Crippen LogP contribution in [0.1, 0.15) is 27.0 Å². The first-order valence-electron chi connectivity index (χ1n) is 8.53. The molecule has 3 aromatic rings. The quantitative estimate of drug-likeness (QED) is 0.668. The monoisotopic (exact) mass is 315 g/mol. The van der Waals surface area contributed by atoms with E-state index in [0.717, 1.165) is 30.5 Å². The molecule has 0 amide bonds. The predicted octanol–water partition coefficient (Wildman–Crippen LogP) is 4.39. The highest BCUT2D eigenvalue weighted by atomic mass is 16.1. The molecule has 2 heteroatoms. The van der Waals surface area contributed by atoms with E-state index in [1.807, 2.05) is 18.2 Å². The van der Waals surface area contributed by atoms with Crippen molar-refractivity contribution in [1.29, 1.82) is 0 Å². The molecule has 1 aliphatic heterocycles. The number of hydrogen-bond donors (Lipinski definition) is 0. The van der Waals surface area contributed by atoms with Gasteiger partial charge in [0.1, 0.15) is 0 Å². The Labute approximate surface area is 142 Å². The molecule has 0 saturated carbocycles. The molecule has 2 nitrogen and oxygen atoms in total. The second kappa shape index (κ2) is 6.21. The number of nitrogens with zero attached hydrogens (tertiary/aromatic N) is 1. The van der Waals surface area contributed by atoms with Crippen LogP contribution in [0.2, 0.25) is 0 Å². The van der Waals surface area contributed by atoms with E-state index in [0.29, 0.717) is 6.54 Å². The summed E-state index contributed by atoms with van der Waals surface area (Å²) in [6.07, 6.45) is 1.03. The van der Waals surface area contributed by atoms with E-state index < -0.39 is 0 Å².